The Bertz CT molecular complexity index is 1290. The van der Waals surface area contributed by atoms with Crippen molar-refractivity contribution < 1.29 is 27.5 Å². The predicted molar refractivity (Wildman–Crippen MR) is 136 cm³/mol. The first-order valence-electron chi connectivity index (χ1n) is 11.5. The number of pyridine rings is 1. The Labute approximate surface area is 212 Å². The summed E-state index contributed by atoms with van der Waals surface area (Å²) in [5, 5.41) is 2.70. The highest BCUT2D eigenvalue weighted by atomic mass is 19.4. The van der Waals surface area contributed by atoms with Gasteiger partial charge in [-0.2, -0.15) is 13.2 Å². The summed E-state index contributed by atoms with van der Waals surface area (Å²) in [5.41, 5.74) is 1.08. The molecule has 0 radical (unpaired) electrons. The molecule has 0 aliphatic carbocycles. The summed E-state index contributed by atoms with van der Waals surface area (Å²) < 4.78 is 44.4. The van der Waals surface area contributed by atoms with Crippen LogP contribution in [-0.4, -0.2) is 50.1 Å². The van der Waals surface area contributed by atoms with Crippen molar-refractivity contribution in [1.82, 2.24) is 4.98 Å². The molecule has 0 atom stereocenters. The third kappa shape index (κ3) is 6.73. The molecule has 1 aliphatic rings. The molecule has 1 N–H and O–H groups in total. The van der Waals surface area contributed by atoms with E-state index in [-0.39, 0.29) is 11.5 Å². The van der Waals surface area contributed by atoms with Crippen LogP contribution < -0.4 is 15.1 Å². The molecular formula is C27H25F3N4O3. The van der Waals surface area contributed by atoms with E-state index in [4.69, 9.17) is 4.74 Å². The molecule has 2 heterocycles. The normalized spacial score (nSPS) is 14.0. The van der Waals surface area contributed by atoms with Gasteiger partial charge in [-0.3, -0.25) is 9.59 Å². The van der Waals surface area contributed by atoms with E-state index in [2.05, 4.69) is 15.2 Å². The second-order valence-electron chi connectivity index (χ2n) is 8.36. The number of hydrogen-bond acceptors (Lipinski definition) is 5. The minimum Gasteiger partial charge on any atom is -0.378 e. The lowest BCUT2D eigenvalue weighted by molar-refractivity contribution is -0.137. The molecule has 0 bridgehead atoms. The van der Waals surface area contributed by atoms with Crippen molar-refractivity contribution in [3.63, 3.8) is 0 Å². The third-order valence-corrected chi connectivity index (χ3v) is 5.80. The Hall–Kier alpha value is -4.18. The summed E-state index contributed by atoms with van der Waals surface area (Å²) >= 11 is 0. The highest BCUT2D eigenvalue weighted by molar-refractivity contribution is 6.06. The zero-order valence-corrected chi connectivity index (χ0v) is 20.0. The number of anilines is 3. The van der Waals surface area contributed by atoms with Gasteiger partial charge < -0.3 is 19.9 Å². The number of benzene rings is 2. The number of alkyl halides is 3. The molecule has 0 spiro atoms. The lowest BCUT2D eigenvalue weighted by Gasteiger charge is -2.28. The van der Waals surface area contributed by atoms with Crippen LogP contribution in [0.3, 0.4) is 0 Å². The quantitative estimate of drug-likeness (QED) is 0.479. The van der Waals surface area contributed by atoms with Crippen molar-refractivity contribution in [2.45, 2.75) is 6.18 Å². The highest BCUT2D eigenvalue weighted by Crippen LogP contribution is 2.30. The van der Waals surface area contributed by atoms with Crippen molar-refractivity contribution in [2.24, 2.45) is 0 Å². The number of ether oxygens (including phenoxy) is 1. The average Bonchev–Trinajstić information content (AvgIpc) is 2.92. The molecule has 37 heavy (non-hydrogen) atoms. The maximum Gasteiger partial charge on any atom is 0.416 e. The molecule has 2 aromatic carbocycles. The molecule has 1 fully saturated rings. The van der Waals surface area contributed by atoms with Gasteiger partial charge in [0.2, 0.25) is 5.91 Å². The monoisotopic (exact) mass is 510 g/mol. The first-order chi connectivity index (χ1) is 17.7. The number of hydrogen-bond donors (Lipinski definition) is 1. The number of carbonyl (C=O) groups excluding carboxylic acids is 2. The molecule has 1 aromatic heterocycles. The van der Waals surface area contributed by atoms with Gasteiger partial charge in [0.05, 0.1) is 30.7 Å². The Balaban J connectivity index is 1.39. The van der Waals surface area contributed by atoms with E-state index in [9.17, 15) is 22.8 Å². The zero-order valence-electron chi connectivity index (χ0n) is 20.0. The molecule has 1 saturated heterocycles. The van der Waals surface area contributed by atoms with Crippen LogP contribution in [0.25, 0.3) is 6.08 Å². The molecule has 3 aromatic rings. The van der Waals surface area contributed by atoms with Gasteiger partial charge in [-0.15, -0.1) is 0 Å². The van der Waals surface area contributed by atoms with Crippen molar-refractivity contribution in [3.8, 4) is 0 Å². The van der Waals surface area contributed by atoms with E-state index < -0.39 is 17.6 Å². The van der Waals surface area contributed by atoms with E-state index in [0.29, 0.717) is 30.3 Å². The SMILES string of the molecule is CN(C(=O)c1cccc(C(F)(F)F)c1)c1cccc(/C=C/C(=O)Nc2ccc(N3CCOCC3)cn2)c1. The van der Waals surface area contributed by atoms with Crippen molar-refractivity contribution in [2.75, 3.05) is 48.5 Å². The molecule has 0 saturated carbocycles. The second kappa shape index (κ2) is 11.3. The smallest absolute Gasteiger partial charge is 0.378 e. The Kier molecular flexibility index (Phi) is 7.88. The van der Waals surface area contributed by atoms with Crippen LogP contribution in [0.5, 0.6) is 0 Å². The number of nitrogens with zero attached hydrogens (tertiary/aromatic N) is 3. The lowest BCUT2D eigenvalue weighted by atomic mass is 10.1. The number of halogens is 3. The number of nitrogens with one attached hydrogen (secondary N) is 1. The Morgan fingerprint density at radius 2 is 1.81 bits per heavy atom. The highest BCUT2D eigenvalue weighted by Gasteiger charge is 2.31. The van der Waals surface area contributed by atoms with Gasteiger partial charge in [0.1, 0.15) is 5.82 Å². The molecule has 1 aliphatic heterocycles. The number of amides is 2. The van der Waals surface area contributed by atoms with Gasteiger partial charge in [-0.25, -0.2) is 4.98 Å². The summed E-state index contributed by atoms with van der Waals surface area (Å²) in [6.07, 6.45) is 0.0701. The van der Waals surface area contributed by atoms with Crippen molar-refractivity contribution in [1.29, 1.82) is 0 Å². The topological polar surface area (TPSA) is 74.8 Å². The molecular weight excluding hydrogens is 485 g/mol. The number of morpholine rings is 1. The van der Waals surface area contributed by atoms with E-state index in [0.717, 1.165) is 30.9 Å². The third-order valence-electron chi connectivity index (χ3n) is 5.80. The molecule has 192 valence electrons. The van der Waals surface area contributed by atoms with Crippen LogP contribution in [-0.2, 0) is 15.7 Å². The van der Waals surface area contributed by atoms with Crippen molar-refractivity contribution in [3.05, 3.63) is 89.6 Å². The molecule has 4 rings (SSSR count). The van der Waals surface area contributed by atoms with Crippen LogP contribution in [0.2, 0.25) is 0 Å². The van der Waals surface area contributed by atoms with Gasteiger partial charge in [-0.1, -0.05) is 18.2 Å². The van der Waals surface area contributed by atoms with Crippen LogP contribution in [0.15, 0.2) is 72.9 Å². The number of rotatable bonds is 6. The van der Waals surface area contributed by atoms with Gasteiger partial charge in [0.25, 0.3) is 5.91 Å². The molecule has 10 heteroatoms. The first kappa shape index (κ1) is 25.9. The molecule has 0 unspecified atom stereocenters. The maximum absolute atomic E-state index is 13.0. The van der Waals surface area contributed by atoms with Crippen molar-refractivity contribution >= 4 is 35.1 Å². The zero-order chi connectivity index (χ0) is 26.4. The van der Waals surface area contributed by atoms with E-state index in [1.165, 1.54) is 30.2 Å². The van der Waals surface area contributed by atoms with Gasteiger partial charge in [-0.05, 0) is 54.1 Å². The summed E-state index contributed by atoms with van der Waals surface area (Å²) in [6, 6.07) is 14.6. The predicted octanol–water partition coefficient (Wildman–Crippen LogP) is 4.87. The second-order valence-corrected chi connectivity index (χ2v) is 8.36. The summed E-state index contributed by atoms with van der Waals surface area (Å²) in [5.74, 6) is -0.561. The Morgan fingerprint density at radius 3 is 2.51 bits per heavy atom. The minimum absolute atomic E-state index is 0.0789. The van der Waals surface area contributed by atoms with Gasteiger partial charge in [0, 0.05) is 37.5 Å². The number of carbonyl (C=O) groups is 2. The van der Waals surface area contributed by atoms with Gasteiger partial charge >= 0.3 is 6.18 Å². The maximum atomic E-state index is 13.0. The fourth-order valence-electron chi connectivity index (χ4n) is 3.78. The number of aromatic nitrogens is 1. The Morgan fingerprint density at radius 1 is 1.05 bits per heavy atom. The summed E-state index contributed by atoms with van der Waals surface area (Å²) in [4.78, 5) is 32.9. The van der Waals surface area contributed by atoms with Crippen LogP contribution in [0.4, 0.5) is 30.4 Å². The fraction of sp³-hybridized carbons (Fsp3) is 0.222. The average molecular weight is 511 g/mol. The van der Waals surface area contributed by atoms with E-state index >= 15 is 0 Å². The van der Waals surface area contributed by atoms with Gasteiger partial charge in [0.15, 0.2) is 0 Å². The molecule has 7 nitrogen and oxygen atoms in total. The van der Waals surface area contributed by atoms with Crippen LogP contribution in [0, 0.1) is 0 Å². The first-order valence-corrected chi connectivity index (χ1v) is 11.5. The standard InChI is InChI=1S/C27H25F3N4O3/c1-33(26(36)20-5-3-6-21(17-20)27(28,29)30)22-7-2-4-19(16-22)8-11-25(35)32-24-10-9-23(18-31-24)34-12-14-37-15-13-34/h2-11,16-18H,12-15H2,1H3,(H,31,32,35)/b11-8+. The fourth-order valence-corrected chi connectivity index (χ4v) is 3.78. The van der Waals surface area contributed by atoms with Crippen LogP contribution in [0.1, 0.15) is 21.5 Å². The summed E-state index contributed by atoms with van der Waals surface area (Å²) in [6.45, 7) is 2.91. The summed E-state index contributed by atoms with van der Waals surface area (Å²) in [7, 11) is 1.48. The van der Waals surface area contributed by atoms with Crippen LogP contribution >= 0.6 is 0 Å². The lowest BCUT2D eigenvalue weighted by Crippen LogP contribution is -2.36. The minimum atomic E-state index is -4.54. The molecule has 2 amide bonds. The van der Waals surface area contributed by atoms with E-state index in [1.807, 2.05) is 6.07 Å². The largest absolute Gasteiger partial charge is 0.416 e. The van der Waals surface area contributed by atoms with E-state index in [1.54, 1.807) is 42.6 Å².